The summed E-state index contributed by atoms with van der Waals surface area (Å²) >= 11 is 0. The molecule has 35 heavy (non-hydrogen) atoms. The van der Waals surface area contributed by atoms with Crippen molar-refractivity contribution in [1.29, 1.82) is 0 Å². The molecule has 4 atom stereocenters. The number of phenols is 1. The molecule has 4 unspecified atom stereocenters. The first-order valence-corrected chi connectivity index (χ1v) is 10.1. The van der Waals surface area contributed by atoms with E-state index in [1.54, 1.807) is 0 Å². The number of rotatable bonds is 14. The van der Waals surface area contributed by atoms with Crippen LogP contribution in [0.5, 0.6) is 5.75 Å². The van der Waals surface area contributed by atoms with Crippen LogP contribution < -0.4 is 27.4 Å². The van der Waals surface area contributed by atoms with Gasteiger partial charge in [0.1, 0.15) is 23.9 Å². The molecule has 0 spiro atoms. The molecule has 0 fully saturated rings. The summed E-state index contributed by atoms with van der Waals surface area (Å²) in [6.45, 7) is -0.948. The minimum atomic E-state index is -1.72. The number of phenolic OH excluding ortho intramolecular Hbond substituents is 1. The number of carbonyl (C=O) groups is 6. The predicted octanol–water partition coefficient (Wildman–Crippen LogP) is -3.86. The van der Waals surface area contributed by atoms with Gasteiger partial charge in [-0.1, -0.05) is 12.1 Å². The Morgan fingerprint density at radius 3 is 1.80 bits per heavy atom. The van der Waals surface area contributed by atoms with E-state index in [-0.39, 0.29) is 12.2 Å². The maximum absolute atomic E-state index is 12.8. The van der Waals surface area contributed by atoms with Gasteiger partial charge in [-0.25, -0.2) is 4.79 Å². The Bertz CT molecular complexity index is 952. The summed E-state index contributed by atoms with van der Waals surface area (Å²) in [5.74, 6) is -7.22. The lowest BCUT2D eigenvalue weighted by molar-refractivity contribution is -0.144. The topological polar surface area (TPSA) is 271 Å². The Balaban J connectivity index is 3.13. The molecule has 0 bridgehead atoms. The molecular weight excluding hydrogens is 470 g/mol. The highest BCUT2D eigenvalue weighted by Gasteiger charge is 2.31. The van der Waals surface area contributed by atoms with E-state index in [4.69, 9.17) is 26.8 Å². The van der Waals surface area contributed by atoms with E-state index >= 15 is 0 Å². The number of carbonyl (C=O) groups excluding carboxylic acids is 4. The molecule has 192 valence electrons. The van der Waals surface area contributed by atoms with E-state index in [0.29, 0.717) is 5.56 Å². The highest BCUT2D eigenvalue weighted by atomic mass is 16.4. The predicted molar refractivity (Wildman–Crippen MR) is 116 cm³/mol. The fraction of sp³-hybridized carbons (Fsp3) is 0.400. The summed E-state index contributed by atoms with van der Waals surface area (Å²) in [5.41, 5.74) is 10.9. The van der Waals surface area contributed by atoms with Crippen molar-refractivity contribution in [2.24, 2.45) is 11.5 Å². The van der Waals surface area contributed by atoms with E-state index in [1.807, 2.05) is 5.32 Å². The van der Waals surface area contributed by atoms with Crippen LogP contribution >= 0.6 is 0 Å². The van der Waals surface area contributed by atoms with Crippen molar-refractivity contribution in [3.63, 3.8) is 0 Å². The van der Waals surface area contributed by atoms with Crippen molar-refractivity contribution < 1.29 is 49.2 Å². The molecule has 0 saturated carbocycles. The molecule has 1 aromatic rings. The maximum Gasteiger partial charge on any atom is 0.328 e. The number of carboxylic acids is 2. The first kappa shape index (κ1) is 28.8. The Morgan fingerprint density at radius 2 is 1.31 bits per heavy atom. The summed E-state index contributed by atoms with van der Waals surface area (Å²) in [7, 11) is 0. The molecule has 0 heterocycles. The second-order valence-electron chi connectivity index (χ2n) is 7.45. The van der Waals surface area contributed by atoms with E-state index in [1.165, 1.54) is 24.3 Å². The van der Waals surface area contributed by atoms with Crippen LogP contribution in [0.1, 0.15) is 18.4 Å². The number of carboxylic acid groups (broad SMARTS) is 2. The number of aromatic hydroxyl groups is 1. The average molecular weight is 497 g/mol. The number of hydrogen-bond donors (Lipinski definition) is 9. The van der Waals surface area contributed by atoms with Crippen LogP contribution in [0.25, 0.3) is 0 Å². The molecule has 0 aliphatic rings. The number of benzene rings is 1. The molecule has 15 nitrogen and oxygen atoms in total. The van der Waals surface area contributed by atoms with Gasteiger partial charge >= 0.3 is 11.9 Å². The third kappa shape index (κ3) is 10.1. The van der Waals surface area contributed by atoms with Crippen molar-refractivity contribution in [1.82, 2.24) is 16.0 Å². The zero-order valence-electron chi connectivity index (χ0n) is 18.3. The number of nitrogens with one attached hydrogen (secondary N) is 3. The summed E-state index contributed by atoms with van der Waals surface area (Å²) in [6, 6.07) is -0.920. The smallest absolute Gasteiger partial charge is 0.328 e. The van der Waals surface area contributed by atoms with Gasteiger partial charge in [0.15, 0.2) is 0 Å². The quantitative estimate of drug-likeness (QED) is 0.120. The van der Waals surface area contributed by atoms with Crippen LogP contribution in [-0.2, 0) is 35.2 Å². The number of primary amides is 1. The van der Waals surface area contributed by atoms with Crippen LogP contribution in [0, 0.1) is 0 Å². The fourth-order valence-electron chi connectivity index (χ4n) is 2.78. The third-order valence-electron chi connectivity index (χ3n) is 4.58. The van der Waals surface area contributed by atoms with Crippen molar-refractivity contribution in [2.75, 3.05) is 6.61 Å². The van der Waals surface area contributed by atoms with Gasteiger partial charge < -0.3 is 47.8 Å². The number of nitrogens with two attached hydrogens (primary N) is 2. The van der Waals surface area contributed by atoms with Crippen LogP contribution in [0.2, 0.25) is 0 Å². The maximum atomic E-state index is 12.8. The van der Waals surface area contributed by atoms with Gasteiger partial charge in [-0.05, 0) is 17.7 Å². The first-order chi connectivity index (χ1) is 16.3. The molecule has 11 N–H and O–H groups in total. The fourth-order valence-corrected chi connectivity index (χ4v) is 2.78. The van der Waals surface area contributed by atoms with Crippen molar-refractivity contribution in [3.05, 3.63) is 29.8 Å². The molecule has 0 aromatic heterocycles. The van der Waals surface area contributed by atoms with Crippen molar-refractivity contribution in [3.8, 4) is 5.75 Å². The highest BCUT2D eigenvalue weighted by molar-refractivity contribution is 5.96. The lowest BCUT2D eigenvalue weighted by Crippen LogP contribution is -2.58. The van der Waals surface area contributed by atoms with E-state index < -0.39 is 79.2 Å². The molecule has 0 saturated heterocycles. The summed E-state index contributed by atoms with van der Waals surface area (Å²) in [5, 5.41) is 43.1. The third-order valence-corrected chi connectivity index (χ3v) is 4.58. The Hall–Kier alpha value is -4.24. The SMILES string of the molecule is NC(=O)CC(N)C(=O)NC(CC(=O)O)C(=O)NC(Cc1ccc(O)cc1)C(=O)NC(CO)C(=O)O. The lowest BCUT2D eigenvalue weighted by atomic mass is 10.0. The van der Waals surface area contributed by atoms with Crippen LogP contribution in [-0.4, -0.2) is 86.8 Å². The first-order valence-electron chi connectivity index (χ1n) is 10.1. The van der Waals surface area contributed by atoms with Crippen LogP contribution in [0.15, 0.2) is 24.3 Å². The van der Waals surface area contributed by atoms with Gasteiger partial charge in [0.2, 0.25) is 23.6 Å². The number of aliphatic hydroxyl groups excluding tert-OH is 1. The Labute approximate surface area is 198 Å². The summed E-state index contributed by atoms with van der Waals surface area (Å²) in [6.07, 6.45) is -1.72. The standard InChI is InChI=1S/C20H27N5O10/c21-11(6-15(22)28)17(31)23-13(7-16(29)30)19(33)24-12(5-9-1-3-10(27)4-2-9)18(32)25-14(8-26)20(34)35/h1-4,11-14,26-27H,5-8,21H2,(H2,22,28)(H,23,31)(H,24,33)(H,25,32)(H,29,30)(H,34,35). The molecule has 4 amide bonds. The minimum absolute atomic E-state index is 0.0819. The van der Waals surface area contributed by atoms with E-state index in [0.717, 1.165) is 0 Å². The Morgan fingerprint density at radius 1 is 0.800 bits per heavy atom. The van der Waals surface area contributed by atoms with Crippen LogP contribution in [0.4, 0.5) is 0 Å². The van der Waals surface area contributed by atoms with Crippen LogP contribution in [0.3, 0.4) is 0 Å². The molecular formula is C20H27N5O10. The Kier molecular flexibility index (Phi) is 11.1. The number of hydrogen-bond acceptors (Lipinski definition) is 9. The zero-order chi connectivity index (χ0) is 26.7. The molecule has 15 heteroatoms. The molecule has 0 radical (unpaired) electrons. The second kappa shape index (κ2) is 13.5. The second-order valence-corrected chi connectivity index (χ2v) is 7.45. The van der Waals surface area contributed by atoms with E-state index in [2.05, 4.69) is 10.6 Å². The van der Waals surface area contributed by atoms with E-state index in [9.17, 15) is 33.9 Å². The highest BCUT2D eigenvalue weighted by Crippen LogP contribution is 2.12. The normalized spacial score (nSPS) is 14.0. The molecule has 0 aliphatic heterocycles. The largest absolute Gasteiger partial charge is 0.508 e. The van der Waals surface area contributed by atoms with Gasteiger partial charge in [0, 0.05) is 6.42 Å². The lowest BCUT2D eigenvalue weighted by Gasteiger charge is -2.24. The molecule has 1 aromatic carbocycles. The number of aliphatic hydroxyl groups is 1. The van der Waals surface area contributed by atoms with Gasteiger partial charge in [0.05, 0.1) is 25.5 Å². The minimum Gasteiger partial charge on any atom is -0.508 e. The summed E-state index contributed by atoms with van der Waals surface area (Å²) in [4.78, 5) is 71.0. The number of aliphatic carboxylic acids is 2. The monoisotopic (exact) mass is 497 g/mol. The zero-order valence-corrected chi connectivity index (χ0v) is 18.3. The summed E-state index contributed by atoms with van der Waals surface area (Å²) < 4.78 is 0. The van der Waals surface area contributed by atoms with Crippen molar-refractivity contribution >= 4 is 35.6 Å². The van der Waals surface area contributed by atoms with Crippen molar-refractivity contribution in [2.45, 2.75) is 43.4 Å². The van der Waals surface area contributed by atoms with Gasteiger partial charge in [0.25, 0.3) is 0 Å². The molecule has 0 aliphatic carbocycles. The number of amides is 4. The van der Waals surface area contributed by atoms with Gasteiger partial charge in [-0.15, -0.1) is 0 Å². The average Bonchev–Trinajstić information content (AvgIpc) is 2.76. The molecule has 1 rings (SSSR count). The van der Waals surface area contributed by atoms with Gasteiger partial charge in [-0.2, -0.15) is 0 Å². The van der Waals surface area contributed by atoms with Gasteiger partial charge in [-0.3, -0.25) is 24.0 Å².